The molecule has 0 radical (unpaired) electrons. The summed E-state index contributed by atoms with van der Waals surface area (Å²) in [4.78, 5) is 23.0. The molecule has 92 valence electrons. The molecule has 1 aromatic carbocycles. The van der Waals surface area contributed by atoms with Crippen LogP contribution in [0.5, 0.6) is 0 Å². The summed E-state index contributed by atoms with van der Waals surface area (Å²) in [5.41, 5.74) is 0.231. The van der Waals surface area contributed by atoms with E-state index in [1.165, 1.54) is 18.2 Å². The second kappa shape index (κ2) is 6.91. The van der Waals surface area contributed by atoms with E-state index in [-0.39, 0.29) is 30.0 Å². The summed E-state index contributed by atoms with van der Waals surface area (Å²) in [5.74, 6) is -1.02. The van der Waals surface area contributed by atoms with Gasteiger partial charge in [0.05, 0.1) is 13.0 Å². The van der Waals surface area contributed by atoms with Gasteiger partial charge in [0.15, 0.2) is 5.78 Å². The SMILES string of the molecule is CCOCCC(=O)CC(=O)c1cccc(F)c1. The molecule has 0 heterocycles. The van der Waals surface area contributed by atoms with Crippen LogP contribution in [0.1, 0.15) is 30.1 Å². The highest BCUT2D eigenvalue weighted by atomic mass is 19.1. The van der Waals surface area contributed by atoms with Gasteiger partial charge >= 0.3 is 0 Å². The third kappa shape index (κ3) is 4.87. The van der Waals surface area contributed by atoms with Crippen LogP contribution in [0.25, 0.3) is 0 Å². The number of ketones is 2. The molecule has 0 spiro atoms. The van der Waals surface area contributed by atoms with Crippen molar-refractivity contribution in [2.45, 2.75) is 19.8 Å². The summed E-state index contributed by atoms with van der Waals surface area (Å²) in [6, 6.07) is 5.35. The Labute approximate surface area is 99.6 Å². The Kier molecular flexibility index (Phi) is 5.49. The van der Waals surface area contributed by atoms with Gasteiger partial charge in [-0.05, 0) is 19.1 Å². The minimum absolute atomic E-state index is 0.187. The van der Waals surface area contributed by atoms with E-state index in [0.717, 1.165) is 6.07 Å². The predicted molar refractivity (Wildman–Crippen MR) is 61.5 cm³/mol. The Morgan fingerprint density at radius 3 is 2.76 bits per heavy atom. The summed E-state index contributed by atoms with van der Waals surface area (Å²) in [5, 5.41) is 0. The zero-order valence-electron chi connectivity index (χ0n) is 9.74. The maximum absolute atomic E-state index is 12.9. The van der Waals surface area contributed by atoms with Gasteiger partial charge in [0.1, 0.15) is 11.6 Å². The van der Waals surface area contributed by atoms with Crippen molar-refractivity contribution in [3.05, 3.63) is 35.6 Å². The van der Waals surface area contributed by atoms with Gasteiger partial charge in [-0.3, -0.25) is 9.59 Å². The minimum Gasteiger partial charge on any atom is -0.381 e. The Morgan fingerprint density at radius 1 is 1.35 bits per heavy atom. The lowest BCUT2D eigenvalue weighted by Gasteiger charge is -2.02. The molecule has 1 aromatic rings. The monoisotopic (exact) mass is 238 g/mol. The van der Waals surface area contributed by atoms with Gasteiger partial charge in [0.2, 0.25) is 0 Å². The van der Waals surface area contributed by atoms with Crippen molar-refractivity contribution < 1.29 is 18.7 Å². The zero-order valence-corrected chi connectivity index (χ0v) is 9.74. The van der Waals surface area contributed by atoms with Crippen LogP contribution in [0, 0.1) is 5.82 Å². The van der Waals surface area contributed by atoms with E-state index >= 15 is 0 Å². The first-order valence-electron chi connectivity index (χ1n) is 5.51. The fourth-order valence-electron chi connectivity index (χ4n) is 1.36. The molecule has 0 unspecified atom stereocenters. The molecule has 0 aliphatic heterocycles. The molecule has 0 bridgehead atoms. The molecule has 17 heavy (non-hydrogen) atoms. The molecular weight excluding hydrogens is 223 g/mol. The van der Waals surface area contributed by atoms with Crippen LogP contribution in [-0.4, -0.2) is 24.8 Å². The molecule has 0 atom stereocenters. The molecule has 0 fully saturated rings. The number of rotatable bonds is 7. The average Bonchev–Trinajstić information content (AvgIpc) is 2.29. The van der Waals surface area contributed by atoms with Crippen molar-refractivity contribution in [1.29, 1.82) is 0 Å². The van der Waals surface area contributed by atoms with Crippen molar-refractivity contribution in [2.75, 3.05) is 13.2 Å². The summed E-state index contributed by atoms with van der Waals surface area (Å²) in [6.45, 7) is 2.71. The Hall–Kier alpha value is -1.55. The predicted octanol–water partition coefficient (Wildman–Crippen LogP) is 2.39. The van der Waals surface area contributed by atoms with Gasteiger partial charge in [0, 0.05) is 18.6 Å². The van der Waals surface area contributed by atoms with Gasteiger partial charge in [-0.15, -0.1) is 0 Å². The number of halogens is 1. The number of hydrogen-bond donors (Lipinski definition) is 0. The van der Waals surface area contributed by atoms with Crippen molar-refractivity contribution in [3.63, 3.8) is 0 Å². The van der Waals surface area contributed by atoms with E-state index in [9.17, 15) is 14.0 Å². The van der Waals surface area contributed by atoms with Gasteiger partial charge in [-0.2, -0.15) is 0 Å². The number of benzene rings is 1. The first-order valence-corrected chi connectivity index (χ1v) is 5.51. The van der Waals surface area contributed by atoms with E-state index in [2.05, 4.69) is 0 Å². The van der Waals surface area contributed by atoms with Crippen molar-refractivity contribution in [1.82, 2.24) is 0 Å². The van der Waals surface area contributed by atoms with Gasteiger partial charge in [0.25, 0.3) is 0 Å². The lowest BCUT2D eigenvalue weighted by molar-refractivity contribution is -0.119. The Balaban J connectivity index is 2.46. The molecule has 4 heteroatoms. The average molecular weight is 238 g/mol. The standard InChI is InChI=1S/C13H15FO3/c1-2-17-7-6-12(15)9-13(16)10-4-3-5-11(14)8-10/h3-5,8H,2,6-7,9H2,1H3. The van der Waals surface area contributed by atoms with Crippen molar-refractivity contribution in [3.8, 4) is 0 Å². The number of ether oxygens (including phenoxy) is 1. The molecule has 3 nitrogen and oxygen atoms in total. The minimum atomic E-state index is -0.474. The molecular formula is C13H15FO3. The van der Waals surface area contributed by atoms with Crippen LogP contribution >= 0.6 is 0 Å². The third-order valence-corrected chi connectivity index (χ3v) is 2.23. The van der Waals surface area contributed by atoms with Crippen LogP contribution in [0.15, 0.2) is 24.3 Å². The smallest absolute Gasteiger partial charge is 0.170 e. The molecule has 0 aliphatic rings. The Bertz CT molecular complexity index is 401. The summed E-state index contributed by atoms with van der Waals surface area (Å²) in [7, 11) is 0. The fourth-order valence-corrected chi connectivity index (χ4v) is 1.36. The second-order valence-corrected chi connectivity index (χ2v) is 3.60. The number of Topliss-reactive ketones (excluding diaryl/α,β-unsaturated/α-hetero) is 2. The van der Waals surface area contributed by atoms with E-state index in [4.69, 9.17) is 4.74 Å². The Morgan fingerprint density at radius 2 is 2.12 bits per heavy atom. The van der Waals surface area contributed by atoms with E-state index < -0.39 is 5.82 Å². The molecule has 0 saturated heterocycles. The highest BCUT2D eigenvalue weighted by molar-refractivity contribution is 6.07. The lowest BCUT2D eigenvalue weighted by atomic mass is 10.0. The van der Waals surface area contributed by atoms with E-state index in [0.29, 0.717) is 13.2 Å². The maximum Gasteiger partial charge on any atom is 0.170 e. The summed E-state index contributed by atoms with van der Waals surface area (Å²) < 4.78 is 17.9. The van der Waals surface area contributed by atoms with Crippen molar-refractivity contribution in [2.24, 2.45) is 0 Å². The topological polar surface area (TPSA) is 43.4 Å². The zero-order chi connectivity index (χ0) is 12.7. The van der Waals surface area contributed by atoms with E-state index in [1.54, 1.807) is 0 Å². The van der Waals surface area contributed by atoms with Gasteiger partial charge in [-0.1, -0.05) is 12.1 Å². The van der Waals surface area contributed by atoms with Crippen LogP contribution in [0.2, 0.25) is 0 Å². The van der Waals surface area contributed by atoms with Crippen LogP contribution in [-0.2, 0) is 9.53 Å². The highest BCUT2D eigenvalue weighted by Gasteiger charge is 2.12. The third-order valence-electron chi connectivity index (χ3n) is 2.23. The largest absolute Gasteiger partial charge is 0.381 e. The molecule has 1 rings (SSSR count). The first-order chi connectivity index (χ1) is 8.13. The van der Waals surface area contributed by atoms with Gasteiger partial charge in [-0.25, -0.2) is 4.39 Å². The summed E-state index contributed by atoms with van der Waals surface area (Å²) >= 11 is 0. The highest BCUT2D eigenvalue weighted by Crippen LogP contribution is 2.07. The quantitative estimate of drug-likeness (QED) is 0.416. The molecule has 0 saturated carbocycles. The normalized spacial score (nSPS) is 10.2. The molecule has 0 aliphatic carbocycles. The van der Waals surface area contributed by atoms with Crippen LogP contribution < -0.4 is 0 Å². The first kappa shape index (κ1) is 13.5. The maximum atomic E-state index is 12.9. The molecule has 0 N–H and O–H groups in total. The van der Waals surface area contributed by atoms with E-state index in [1.807, 2.05) is 6.92 Å². The summed E-state index contributed by atoms with van der Waals surface area (Å²) in [6.07, 6.45) is 0.0193. The lowest BCUT2D eigenvalue weighted by Crippen LogP contribution is -2.10. The number of hydrogen-bond acceptors (Lipinski definition) is 3. The van der Waals surface area contributed by atoms with Crippen molar-refractivity contribution >= 4 is 11.6 Å². The molecule has 0 amide bonds. The van der Waals surface area contributed by atoms with Crippen LogP contribution in [0.4, 0.5) is 4.39 Å². The number of carbonyl (C=O) groups is 2. The fraction of sp³-hybridized carbons (Fsp3) is 0.385. The second-order valence-electron chi connectivity index (χ2n) is 3.60. The number of carbonyl (C=O) groups excluding carboxylic acids is 2. The molecule has 0 aromatic heterocycles. The van der Waals surface area contributed by atoms with Crippen LogP contribution in [0.3, 0.4) is 0 Å². The van der Waals surface area contributed by atoms with Gasteiger partial charge < -0.3 is 4.74 Å².